The van der Waals surface area contributed by atoms with Gasteiger partial charge in [0.05, 0.1) is 0 Å². The Morgan fingerprint density at radius 2 is 1.16 bits per heavy atom. The molecule has 0 aliphatic rings. The number of hydrogen-bond acceptors (Lipinski definition) is 1. The fraction of sp³-hybridized carbons (Fsp3) is 1.00. The summed E-state index contributed by atoms with van der Waals surface area (Å²) in [7, 11) is 0. The highest BCUT2D eigenvalue weighted by Crippen LogP contribution is 2.21. The van der Waals surface area contributed by atoms with E-state index in [1.165, 1.54) is 44.9 Å². The molecule has 0 rings (SSSR count). The van der Waals surface area contributed by atoms with Crippen molar-refractivity contribution in [3.63, 3.8) is 0 Å². The van der Waals surface area contributed by atoms with Crippen molar-refractivity contribution >= 4 is 0 Å². The highest BCUT2D eigenvalue weighted by molar-refractivity contribution is 4.54. The van der Waals surface area contributed by atoms with Gasteiger partial charge in [-0.25, -0.2) is 0 Å². The van der Waals surface area contributed by atoms with Crippen LogP contribution in [0.25, 0.3) is 0 Å². The van der Waals surface area contributed by atoms with Gasteiger partial charge in [0.25, 0.3) is 0 Å². The predicted octanol–water partition coefficient (Wildman–Crippen LogP) is 5.45. The van der Waals surface area contributed by atoms with E-state index in [9.17, 15) is 13.2 Å². The van der Waals surface area contributed by atoms with Crippen LogP contribution < -0.4 is 5.32 Å². The number of hydrogen-bond donors (Lipinski definition) is 1. The molecule has 0 spiro atoms. The quantitative estimate of drug-likeness (QED) is 0.443. The minimum atomic E-state index is -3.99. The molecule has 19 heavy (non-hydrogen) atoms. The molecule has 0 aromatic rings. The van der Waals surface area contributed by atoms with Crippen molar-refractivity contribution < 1.29 is 13.2 Å². The van der Waals surface area contributed by atoms with E-state index in [1.54, 1.807) is 0 Å². The smallest absolute Gasteiger partial charge is 0.317 e. The van der Waals surface area contributed by atoms with E-state index in [1.807, 2.05) is 0 Å². The van der Waals surface area contributed by atoms with E-state index in [4.69, 9.17) is 0 Å². The molecule has 0 bridgehead atoms. The summed E-state index contributed by atoms with van der Waals surface area (Å²) in [5.41, 5.74) is 0. The van der Waals surface area contributed by atoms with E-state index < -0.39 is 12.6 Å². The summed E-state index contributed by atoms with van der Waals surface area (Å²) in [6, 6.07) is 0. The Labute approximate surface area is 116 Å². The molecule has 1 N–H and O–H groups in total. The molecule has 0 aliphatic carbocycles. The molecule has 1 nitrogen and oxygen atoms in total. The van der Waals surface area contributed by atoms with Gasteiger partial charge in [-0.3, -0.25) is 0 Å². The summed E-state index contributed by atoms with van der Waals surface area (Å²) in [5, 5.41) is 3.22. The lowest BCUT2D eigenvalue weighted by molar-refractivity contribution is -0.135. The van der Waals surface area contributed by atoms with Crippen LogP contribution >= 0.6 is 0 Å². The zero-order valence-corrected chi connectivity index (χ0v) is 12.3. The van der Waals surface area contributed by atoms with Crippen LogP contribution in [0.5, 0.6) is 0 Å². The molecule has 0 saturated heterocycles. The summed E-state index contributed by atoms with van der Waals surface area (Å²) in [6.45, 7) is 3.88. The third-order valence-corrected chi connectivity index (χ3v) is 3.27. The van der Waals surface area contributed by atoms with Crippen LogP contribution in [0.3, 0.4) is 0 Å². The van der Waals surface area contributed by atoms with Gasteiger partial charge in [-0.05, 0) is 32.4 Å². The first-order valence-corrected chi connectivity index (χ1v) is 7.83. The second-order valence-electron chi connectivity index (χ2n) is 5.30. The van der Waals surface area contributed by atoms with Crippen LogP contribution in [-0.4, -0.2) is 19.3 Å². The van der Waals surface area contributed by atoms with Crippen LogP contribution in [0.2, 0.25) is 0 Å². The lowest BCUT2D eigenvalue weighted by Crippen LogP contribution is -2.17. The summed E-state index contributed by atoms with van der Waals surface area (Å²) in [5.74, 6) is 0. The summed E-state index contributed by atoms with van der Waals surface area (Å²) < 4.78 is 35.6. The Bertz CT molecular complexity index is 181. The first-order valence-electron chi connectivity index (χ1n) is 7.83. The standard InChI is InChI=1S/C15H30F3N/c1-2-3-4-5-6-7-8-10-13-19-14-11-9-12-15(16,17)18/h19H,2-14H2,1H3. The first-order chi connectivity index (χ1) is 9.06. The molecule has 0 aromatic carbocycles. The van der Waals surface area contributed by atoms with Gasteiger partial charge in [-0.15, -0.1) is 0 Å². The molecule has 0 aliphatic heterocycles. The van der Waals surface area contributed by atoms with Crippen molar-refractivity contribution in [1.82, 2.24) is 5.32 Å². The normalized spacial score (nSPS) is 12.0. The van der Waals surface area contributed by atoms with E-state index in [2.05, 4.69) is 12.2 Å². The average molecular weight is 281 g/mol. The van der Waals surface area contributed by atoms with Gasteiger partial charge >= 0.3 is 6.18 Å². The summed E-state index contributed by atoms with van der Waals surface area (Å²) in [6.07, 6.45) is 6.57. The minimum Gasteiger partial charge on any atom is -0.317 e. The van der Waals surface area contributed by atoms with Gasteiger partial charge < -0.3 is 5.32 Å². The van der Waals surface area contributed by atoms with Crippen LogP contribution in [0.15, 0.2) is 0 Å². The fourth-order valence-electron chi connectivity index (χ4n) is 2.08. The maximum Gasteiger partial charge on any atom is 0.389 e. The molecule has 0 fully saturated rings. The van der Waals surface area contributed by atoms with Crippen LogP contribution in [-0.2, 0) is 0 Å². The van der Waals surface area contributed by atoms with Gasteiger partial charge in [-0.1, -0.05) is 51.9 Å². The van der Waals surface area contributed by atoms with Crippen molar-refractivity contribution in [3.05, 3.63) is 0 Å². The van der Waals surface area contributed by atoms with Crippen molar-refractivity contribution in [2.45, 2.75) is 83.7 Å². The van der Waals surface area contributed by atoms with Crippen molar-refractivity contribution in [2.75, 3.05) is 13.1 Å². The van der Waals surface area contributed by atoms with Crippen molar-refractivity contribution in [3.8, 4) is 0 Å². The molecule has 0 unspecified atom stereocenters. The molecule has 0 saturated carbocycles. The molecule has 4 heteroatoms. The van der Waals surface area contributed by atoms with Gasteiger partial charge in [0.1, 0.15) is 0 Å². The lowest BCUT2D eigenvalue weighted by atomic mass is 10.1. The van der Waals surface area contributed by atoms with Crippen LogP contribution in [0.1, 0.15) is 77.6 Å². The Balaban J connectivity index is 2.99. The monoisotopic (exact) mass is 281 g/mol. The van der Waals surface area contributed by atoms with E-state index in [0.29, 0.717) is 13.0 Å². The second kappa shape index (κ2) is 12.8. The number of rotatable bonds is 13. The zero-order valence-electron chi connectivity index (χ0n) is 12.3. The van der Waals surface area contributed by atoms with Crippen molar-refractivity contribution in [1.29, 1.82) is 0 Å². The molecule has 116 valence electrons. The zero-order chi connectivity index (χ0) is 14.4. The van der Waals surface area contributed by atoms with Gasteiger partial charge in [0, 0.05) is 6.42 Å². The number of unbranched alkanes of at least 4 members (excludes halogenated alkanes) is 8. The molecular formula is C15H30F3N. The SMILES string of the molecule is CCCCCCCCCCNCCCCC(F)(F)F. The minimum absolute atomic E-state index is 0.244. The highest BCUT2D eigenvalue weighted by atomic mass is 19.4. The Kier molecular flexibility index (Phi) is 12.6. The predicted molar refractivity (Wildman–Crippen MR) is 75.4 cm³/mol. The Morgan fingerprint density at radius 1 is 0.684 bits per heavy atom. The summed E-state index contributed by atoms with van der Waals surface area (Å²) >= 11 is 0. The van der Waals surface area contributed by atoms with Gasteiger partial charge in [-0.2, -0.15) is 13.2 Å². The van der Waals surface area contributed by atoms with E-state index in [0.717, 1.165) is 13.0 Å². The Morgan fingerprint density at radius 3 is 1.68 bits per heavy atom. The molecule has 0 heterocycles. The molecular weight excluding hydrogens is 251 g/mol. The largest absolute Gasteiger partial charge is 0.389 e. The Hall–Kier alpha value is -0.250. The average Bonchev–Trinajstić information content (AvgIpc) is 2.34. The number of halogens is 3. The molecule has 0 atom stereocenters. The highest BCUT2D eigenvalue weighted by Gasteiger charge is 2.25. The fourth-order valence-corrected chi connectivity index (χ4v) is 2.08. The molecule has 0 radical (unpaired) electrons. The van der Waals surface area contributed by atoms with E-state index >= 15 is 0 Å². The van der Waals surface area contributed by atoms with Gasteiger partial charge in [0.15, 0.2) is 0 Å². The third-order valence-electron chi connectivity index (χ3n) is 3.27. The lowest BCUT2D eigenvalue weighted by Gasteiger charge is -2.07. The molecule has 0 amide bonds. The number of nitrogens with one attached hydrogen (secondary N) is 1. The third kappa shape index (κ3) is 17.8. The van der Waals surface area contributed by atoms with Crippen LogP contribution in [0.4, 0.5) is 13.2 Å². The van der Waals surface area contributed by atoms with Gasteiger partial charge in [0.2, 0.25) is 0 Å². The first kappa shape index (κ1) is 18.8. The molecule has 0 aromatic heterocycles. The topological polar surface area (TPSA) is 12.0 Å². The van der Waals surface area contributed by atoms with Crippen LogP contribution in [0, 0.1) is 0 Å². The maximum absolute atomic E-state index is 11.9. The van der Waals surface area contributed by atoms with Crippen molar-refractivity contribution in [2.24, 2.45) is 0 Å². The second-order valence-corrected chi connectivity index (χ2v) is 5.30. The summed E-state index contributed by atoms with van der Waals surface area (Å²) in [4.78, 5) is 0. The van der Waals surface area contributed by atoms with E-state index in [-0.39, 0.29) is 6.42 Å². The number of alkyl halides is 3. The maximum atomic E-state index is 11.9.